The van der Waals surface area contributed by atoms with Crippen molar-refractivity contribution in [2.24, 2.45) is 5.73 Å². The Bertz CT molecular complexity index is 1350. The molecule has 3 aromatic carbocycles. The van der Waals surface area contributed by atoms with Gasteiger partial charge in [0.25, 0.3) is 0 Å². The zero-order valence-corrected chi connectivity index (χ0v) is 19.5. The first-order chi connectivity index (χ1) is 17.0. The number of amides is 2. The fraction of sp³-hybridized carbons (Fsp3) is 0.286. The number of carbonyl (C=O) groups is 2. The molecule has 7 nitrogen and oxygen atoms in total. The van der Waals surface area contributed by atoms with E-state index >= 15 is 0 Å². The van der Waals surface area contributed by atoms with Crippen molar-refractivity contribution < 1.29 is 23.8 Å². The molecule has 7 heteroatoms. The van der Waals surface area contributed by atoms with Crippen LogP contribution in [0.1, 0.15) is 47.7 Å². The van der Waals surface area contributed by atoms with Crippen LogP contribution in [0.4, 0.5) is 5.69 Å². The summed E-state index contributed by atoms with van der Waals surface area (Å²) in [6.45, 7) is 3.15. The van der Waals surface area contributed by atoms with Gasteiger partial charge in [0.05, 0.1) is 0 Å². The van der Waals surface area contributed by atoms with Gasteiger partial charge in [0.15, 0.2) is 11.5 Å². The molecule has 1 spiro atoms. The lowest BCUT2D eigenvalue weighted by Gasteiger charge is -2.24. The van der Waals surface area contributed by atoms with Crippen molar-refractivity contribution in [1.29, 1.82) is 0 Å². The van der Waals surface area contributed by atoms with Crippen LogP contribution in [-0.2, 0) is 10.2 Å². The molecule has 1 atom stereocenters. The van der Waals surface area contributed by atoms with Crippen molar-refractivity contribution in [1.82, 2.24) is 0 Å². The molecule has 0 saturated carbocycles. The van der Waals surface area contributed by atoms with Gasteiger partial charge >= 0.3 is 0 Å². The molecular formula is C28H26N2O5. The maximum absolute atomic E-state index is 14.3. The van der Waals surface area contributed by atoms with Crippen LogP contribution in [0.25, 0.3) is 11.1 Å². The van der Waals surface area contributed by atoms with Crippen LogP contribution in [0.15, 0.2) is 54.6 Å². The number of rotatable bonds is 6. The van der Waals surface area contributed by atoms with E-state index in [2.05, 4.69) is 6.92 Å². The van der Waals surface area contributed by atoms with Crippen molar-refractivity contribution >= 4 is 17.5 Å². The van der Waals surface area contributed by atoms with Crippen LogP contribution in [0.5, 0.6) is 17.2 Å². The average molecular weight is 471 g/mol. The van der Waals surface area contributed by atoms with E-state index in [0.29, 0.717) is 29.4 Å². The summed E-state index contributed by atoms with van der Waals surface area (Å²) in [5, 5.41) is 0. The number of primary amides is 1. The standard InChI is InChI=1S/C28H26N2O5/c1-2-3-4-12-30-21-7-5-6-19(17-8-10-18(11-9-17)26(29)31)25(21)28(27(30)32)15-33-22-14-24-23(13-20(22)28)34-16-35-24/h5-11,13-14H,2-4,12,15-16H2,1H3,(H2,29,31). The van der Waals surface area contributed by atoms with Crippen LogP contribution < -0.4 is 24.8 Å². The molecule has 0 fully saturated rings. The van der Waals surface area contributed by atoms with Gasteiger partial charge in [0.2, 0.25) is 18.6 Å². The van der Waals surface area contributed by atoms with Crippen molar-refractivity contribution in [2.45, 2.75) is 31.6 Å². The Labute approximate surface area is 203 Å². The first kappa shape index (κ1) is 21.5. The summed E-state index contributed by atoms with van der Waals surface area (Å²) in [5.74, 6) is 1.43. The highest BCUT2D eigenvalue weighted by Crippen LogP contribution is 2.57. The van der Waals surface area contributed by atoms with Gasteiger partial charge < -0.3 is 24.8 Å². The van der Waals surface area contributed by atoms with Crippen molar-refractivity contribution in [3.63, 3.8) is 0 Å². The SMILES string of the molecule is CCCCCN1C(=O)C2(COc3cc4c(cc32)OCO4)c2c(-c3ccc(C(N)=O)cc3)cccc21. The molecule has 2 amide bonds. The molecule has 6 rings (SSSR count). The number of hydrogen-bond donors (Lipinski definition) is 1. The van der Waals surface area contributed by atoms with Crippen LogP contribution in [0.3, 0.4) is 0 Å². The molecule has 0 radical (unpaired) electrons. The predicted molar refractivity (Wildman–Crippen MR) is 131 cm³/mol. The number of nitrogens with two attached hydrogens (primary N) is 1. The number of unbranched alkanes of at least 4 members (excludes halogenated alkanes) is 2. The van der Waals surface area contributed by atoms with Crippen LogP contribution in [-0.4, -0.2) is 31.8 Å². The summed E-state index contributed by atoms with van der Waals surface area (Å²) in [6, 6.07) is 16.9. The molecule has 2 N–H and O–H groups in total. The Hall–Kier alpha value is -4.00. The van der Waals surface area contributed by atoms with Gasteiger partial charge in [-0.15, -0.1) is 0 Å². The normalized spacial score (nSPS) is 19.1. The summed E-state index contributed by atoms with van der Waals surface area (Å²) in [6.07, 6.45) is 3.04. The van der Waals surface area contributed by atoms with Crippen LogP contribution in [0, 0.1) is 0 Å². The molecule has 178 valence electrons. The molecule has 0 aliphatic carbocycles. The number of benzene rings is 3. The minimum Gasteiger partial charge on any atom is -0.491 e. The van der Waals surface area contributed by atoms with Gasteiger partial charge in [-0.05, 0) is 41.8 Å². The predicted octanol–water partition coefficient (Wildman–Crippen LogP) is 4.40. The van der Waals surface area contributed by atoms with Gasteiger partial charge in [-0.2, -0.15) is 0 Å². The van der Waals surface area contributed by atoms with Crippen LogP contribution in [0.2, 0.25) is 0 Å². The number of anilines is 1. The third kappa shape index (κ3) is 3.11. The van der Waals surface area contributed by atoms with Crippen molar-refractivity contribution in [3.8, 4) is 28.4 Å². The largest absolute Gasteiger partial charge is 0.491 e. The lowest BCUT2D eigenvalue weighted by atomic mass is 9.74. The lowest BCUT2D eigenvalue weighted by molar-refractivity contribution is -0.122. The van der Waals surface area contributed by atoms with E-state index in [1.54, 1.807) is 12.1 Å². The van der Waals surface area contributed by atoms with E-state index in [1.807, 2.05) is 47.4 Å². The lowest BCUT2D eigenvalue weighted by Crippen LogP contribution is -2.43. The number of ether oxygens (including phenoxy) is 3. The Balaban J connectivity index is 1.56. The average Bonchev–Trinajstić information content (AvgIpc) is 3.55. The topological polar surface area (TPSA) is 91.1 Å². The number of hydrogen-bond acceptors (Lipinski definition) is 5. The summed E-state index contributed by atoms with van der Waals surface area (Å²) in [5.41, 5.74) is 9.36. The second-order valence-electron chi connectivity index (χ2n) is 9.20. The third-order valence-electron chi connectivity index (χ3n) is 7.21. The molecule has 3 aromatic rings. The second kappa shape index (κ2) is 8.05. The minimum absolute atomic E-state index is 0.0161. The monoisotopic (exact) mass is 470 g/mol. The molecule has 35 heavy (non-hydrogen) atoms. The molecular weight excluding hydrogens is 444 g/mol. The summed E-state index contributed by atoms with van der Waals surface area (Å²) in [4.78, 5) is 27.8. The summed E-state index contributed by atoms with van der Waals surface area (Å²) >= 11 is 0. The van der Waals surface area contributed by atoms with E-state index in [9.17, 15) is 9.59 Å². The van der Waals surface area contributed by atoms with Crippen molar-refractivity contribution in [2.75, 3.05) is 24.8 Å². The smallest absolute Gasteiger partial charge is 0.248 e. The molecule has 3 aliphatic rings. The van der Waals surface area contributed by atoms with E-state index in [-0.39, 0.29) is 19.3 Å². The number of carbonyl (C=O) groups excluding carboxylic acids is 2. The van der Waals surface area contributed by atoms with E-state index < -0.39 is 11.3 Å². The molecule has 3 heterocycles. The highest BCUT2D eigenvalue weighted by atomic mass is 16.7. The molecule has 0 bridgehead atoms. The molecule has 3 aliphatic heterocycles. The van der Waals surface area contributed by atoms with E-state index in [1.165, 1.54) is 0 Å². The fourth-order valence-electron chi connectivity index (χ4n) is 5.48. The summed E-state index contributed by atoms with van der Waals surface area (Å²) in [7, 11) is 0. The Kier molecular flexibility index (Phi) is 4.95. The maximum Gasteiger partial charge on any atom is 0.248 e. The van der Waals surface area contributed by atoms with Crippen molar-refractivity contribution in [3.05, 3.63) is 71.3 Å². The quantitative estimate of drug-likeness (QED) is 0.540. The zero-order valence-electron chi connectivity index (χ0n) is 19.5. The van der Waals surface area contributed by atoms with Gasteiger partial charge in [-0.25, -0.2) is 0 Å². The van der Waals surface area contributed by atoms with Gasteiger partial charge in [0.1, 0.15) is 17.8 Å². The number of fused-ring (bicyclic) bond motifs is 5. The molecule has 0 saturated heterocycles. The fourth-order valence-corrected chi connectivity index (χ4v) is 5.48. The zero-order chi connectivity index (χ0) is 24.2. The highest BCUT2D eigenvalue weighted by molar-refractivity contribution is 6.13. The third-order valence-corrected chi connectivity index (χ3v) is 7.21. The molecule has 0 aromatic heterocycles. The van der Waals surface area contributed by atoms with Crippen LogP contribution >= 0.6 is 0 Å². The molecule has 1 unspecified atom stereocenters. The van der Waals surface area contributed by atoms with Gasteiger partial charge in [0, 0.05) is 35.0 Å². The first-order valence-corrected chi connectivity index (χ1v) is 12.0. The van der Waals surface area contributed by atoms with Gasteiger partial charge in [-0.1, -0.05) is 44.0 Å². The highest BCUT2D eigenvalue weighted by Gasteiger charge is 2.58. The second-order valence-corrected chi connectivity index (χ2v) is 9.20. The Morgan fingerprint density at radius 1 is 1.00 bits per heavy atom. The number of nitrogens with zero attached hydrogens (tertiary/aromatic N) is 1. The summed E-state index contributed by atoms with van der Waals surface area (Å²) < 4.78 is 17.4. The Morgan fingerprint density at radius 3 is 2.51 bits per heavy atom. The maximum atomic E-state index is 14.3. The Morgan fingerprint density at radius 2 is 1.77 bits per heavy atom. The van der Waals surface area contributed by atoms with E-state index in [0.717, 1.165) is 47.2 Å². The van der Waals surface area contributed by atoms with E-state index in [4.69, 9.17) is 19.9 Å². The minimum atomic E-state index is -0.989. The van der Waals surface area contributed by atoms with Gasteiger partial charge in [-0.3, -0.25) is 9.59 Å². The first-order valence-electron chi connectivity index (χ1n) is 12.0.